The summed E-state index contributed by atoms with van der Waals surface area (Å²) in [5.74, 6) is 0.638. The first-order valence-electron chi connectivity index (χ1n) is 9.24. The molecule has 3 heterocycles. The number of rotatable bonds is 2. The van der Waals surface area contributed by atoms with Gasteiger partial charge in [-0.25, -0.2) is 0 Å². The highest BCUT2D eigenvalue weighted by Crippen LogP contribution is 2.61. The van der Waals surface area contributed by atoms with Gasteiger partial charge in [-0.1, -0.05) is 36.8 Å². The predicted molar refractivity (Wildman–Crippen MR) is 95.9 cm³/mol. The number of piperidine rings is 1. The first-order valence-corrected chi connectivity index (χ1v) is 9.24. The molecule has 1 aromatic rings. The van der Waals surface area contributed by atoms with Crippen LogP contribution >= 0.6 is 0 Å². The van der Waals surface area contributed by atoms with Crippen LogP contribution in [0.3, 0.4) is 0 Å². The van der Waals surface area contributed by atoms with Crippen molar-refractivity contribution in [2.24, 2.45) is 5.92 Å². The number of allylic oxidation sites excluding steroid dienone is 2. The minimum absolute atomic E-state index is 0.0204. The molecule has 0 saturated carbocycles. The number of Topliss-reactive ketones (excluding diaryl/α,β-unsaturated/α-hetero) is 1. The Labute approximate surface area is 143 Å². The van der Waals surface area contributed by atoms with Crippen molar-refractivity contribution >= 4 is 11.5 Å². The Hall–Kier alpha value is -1.87. The van der Waals surface area contributed by atoms with E-state index in [-0.39, 0.29) is 5.41 Å². The third kappa shape index (κ3) is 1.54. The fourth-order valence-corrected chi connectivity index (χ4v) is 5.78. The molecule has 124 valence electrons. The van der Waals surface area contributed by atoms with Crippen LogP contribution in [0.25, 0.3) is 0 Å². The molecule has 1 aromatic carbocycles. The van der Waals surface area contributed by atoms with Gasteiger partial charge in [-0.05, 0) is 31.4 Å². The van der Waals surface area contributed by atoms with Crippen LogP contribution in [0.5, 0.6) is 0 Å². The van der Waals surface area contributed by atoms with E-state index in [0.29, 0.717) is 24.2 Å². The highest BCUT2D eigenvalue weighted by molar-refractivity contribution is 5.99. The molecule has 0 radical (unpaired) electrons. The molecule has 2 bridgehead atoms. The Bertz CT molecular complexity index is 806. The second-order valence-electron chi connectivity index (χ2n) is 7.60. The van der Waals surface area contributed by atoms with Crippen molar-refractivity contribution in [3.8, 4) is 0 Å². The number of benzene rings is 1. The van der Waals surface area contributed by atoms with Crippen LogP contribution < -0.4 is 5.32 Å². The molecule has 4 aliphatic rings. The third-order valence-corrected chi connectivity index (χ3v) is 6.82. The average Bonchev–Trinajstić information content (AvgIpc) is 3.17. The Morgan fingerprint density at radius 2 is 2.25 bits per heavy atom. The zero-order valence-electron chi connectivity index (χ0n) is 14.4. The van der Waals surface area contributed by atoms with Crippen LogP contribution in [-0.4, -0.2) is 29.8 Å². The third-order valence-electron chi connectivity index (χ3n) is 6.82. The minimum Gasteiger partial charge on any atom is -0.358 e. The molecular formula is C21H24N2O. The lowest BCUT2D eigenvalue weighted by atomic mass is 9.61. The van der Waals surface area contributed by atoms with Crippen LogP contribution in [0, 0.1) is 5.92 Å². The standard InChI is InChI=1S/C21H24N2O/c1-3-13-12-23-10-9-21-15-7-5-6-8-16(15)22-20(21)19(17(24)4-2)14(13)11-18(21)23/h3,5-8,14,18,22H,4,9-12H2,1-2H3/b13-3-/t14?,18-,21+/m0/s1. The van der Waals surface area contributed by atoms with Gasteiger partial charge in [0.15, 0.2) is 5.78 Å². The molecule has 0 amide bonds. The van der Waals surface area contributed by atoms with Gasteiger partial charge in [-0.15, -0.1) is 0 Å². The fourth-order valence-electron chi connectivity index (χ4n) is 5.78. The van der Waals surface area contributed by atoms with E-state index in [1.807, 2.05) is 6.92 Å². The molecule has 3 atom stereocenters. The lowest BCUT2D eigenvalue weighted by molar-refractivity contribution is -0.116. The van der Waals surface area contributed by atoms with Crippen LogP contribution in [-0.2, 0) is 10.2 Å². The summed E-state index contributed by atoms with van der Waals surface area (Å²) in [5, 5.41) is 3.70. The summed E-state index contributed by atoms with van der Waals surface area (Å²) in [6, 6.07) is 9.22. The van der Waals surface area contributed by atoms with E-state index in [9.17, 15) is 4.79 Å². The van der Waals surface area contributed by atoms with E-state index >= 15 is 0 Å². The molecule has 2 fully saturated rings. The van der Waals surface area contributed by atoms with Gasteiger partial charge in [0, 0.05) is 48.4 Å². The highest BCUT2D eigenvalue weighted by Gasteiger charge is 2.61. The van der Waals surface area contributed by atoms with Gasteiger partial charge in [0.25, 0.3) is 0 Å². The molecule has 1 spiro atoms. The largest absolute Gasteiger partial charge is 0.358 e. The maximum absolute atomic E-state index is 13.0. The first kappa shape index (κ1) is 14.5. The summed E-state index contributed by atoms with van der Waals surface area (Å²) in [4.78, 5) is 15.6. The number of nitrogens with zero attached hydrogens (tertiary/aromatic N) is 1. The fraction of sp³-hybridized carbons (Fsp3) is 0.476. The van der Waals surface area contributed by atoms with Crippen LogP contribution in [0.1, 0.15) is 38.7 Å². The summed E-state index contributed by atoms with van der Waals surface area (Å²) in [6.07, 6.45) is 5.06. The van der Waals surface area contributed by atoms with Gasteiger partial charge in [0.2, 0.25) is 0 Å². The SMILES string of the molecule is C/C=C1/CN2CC[C@]34C(=C(C(=O)CC)C1C[C@H]23)Nc1ccccc14. The van der Waals surface area contributed by atoms with Gasteiger partial charge in [0.05, 0.1) is 5.41 Å². The van der Waals surface area contributed by atoms with Gasteiger partial charge in [-0.2, -0.15) is 0 Å². The van der Waals surface area contributed by atoms with Crippen molar-refractivity contribution in [2.75, 3.05) is 18.4 Å². The number of anilines is 1. The molecular weight excluding hydrogens is 296 g/mol. The smallest absolute Gasteiger partial charge is 0.160 e. The van der Waals surface area contributed by atoms with Crippen molar-refractivity contribution in [3.63, 3.8) is 0 Å². The van der Waals surface area contributed by atoms with Crippen LogP contribution in [0.2, 0.25) is 0 Å². The molecule has 3 nitrogen and oxygen atoms in total. The van der Waals surface area contributed by atoms with Crippen molar-refractivity contribution in [3.05, 3.63) is 52.7 Å². The molecule has 24 heavy (non-hydrogen) atoms. The van der Waals surface area contributed by atoms with Crippen molar-refractivity contribution in [2.45, 2.75) is 44.6 Å². The quantitative estimate of drug-likeness (QED) is 0.845. The molecule has 3 aliphatic heterocycles. The maximum Gasteiger partial charge on any atom is 0.160 e. The molecule has 5 rings (SSSR count). The summed E-state index contributed by atoms with van der Waals surface area (Å²) < 4.78 is 0. The Balaban J connectivity index is 1.82. The summed E-state index contributed by atoms with van der Waals surface area (Å²) in [7, 11) is 0. The lowest BCUT2D eigenvalue weighted by Gasteiger charge is -2.49. The Kier molecular flexibility index (Phi) is 2.91. The average molecular weight is 320 g/mol. The monoisotopic (exact) mass is 320 g/mol. The number of carbonyl (C=O) groups excluding carboxylic acids is 1. The Morgan fingerprint density at radius 1 is 1.42 bits per heavy atom. The van der Waals surface area contributed by atoms with E-state index in [4.69, 9.17) is 0 Å². The van der Waals surface area contributed by atoms with Crippen LogP contribution in [0.15, 0.2) is 47.2 Å². The number of para-hydroxylation sites is 1. The summed E-state index contributed by atoms with van der Waals surface area (Å²) >= 11 is 0. The van der Waals surface area contributed by atoms with Crippen molar-refractivity contribution in [1.29, 1.82) is 0 Å². The second-order valence-corrected chi connectivity index (χ2v) is 7.60. The molecule has 3 heteroatoms. The number of fused-ring (bicyclic) bond motifs is 2. The number of hydrogen-bond acceptors (Lipinski definition) is 3. The van der Waals surface area contributed by atoms with E-state index in [0.717, 1.165) is 31.5 Å². The van der Waals surface area contributed by atoms with Crippen molar-refractivity contribution < 1.29 is 4.79 Å². The van der Waals surface area contributed by atoms with E-state index < -0.39 is 0 Å². The summed E-state index contributed by atoms with van der Waals surface area (Å²) in [6.45, 7) is 6.28. The molecule has 1 aliphatic carbocycles. The first-order chi connectivity index (χ1) is 11.7. The second kappa shape index (κ2) is 4.82. The molecule has 2 saturated heterocycles. The zero-order chi connectivity index (χ0) is 16.5. The van der Waals surface area contributed by atoms with Gasteiger partial charge >= 0.3 is 0 Å². The minimum atomic E-state index is 0.0204. The predicted octanol–water partition coefficient (Wildman–Crippen LogP) is 3.64. The lowest BCUT2D eigenvalue weighted by Crippen LogP contribution is -2.53. The Morgan fingerprint density at radius 3 is 3.04 bits per heavy atom. The molecule has 1 N–H and O–H groups in total. The van der Waals surface area contributed by atoms with Gasteiger partial charge in [-0.3, -0.25) is 9.69 Å². The van der Waals surface area contributed by atoms with E-state index in [1.165, 1.54) is 22.5 Å². The van der Waals surface area contributed by atoms with Crippen molar-refractivity contribution in [1.82, 2.24) is 4.90 Å². The summed E-state index contributed by atoms with van der Waals surface area (Å²) in [5.41, 5.74) is 6.40. The molecule has 0 aromatic heterocycles. The van der Waals surface area contributed by atoms with Crippen LogP contribution in [0.4, 0.5) is 5.69 Å². The highest BCUT2D eigenvalue weighted by atomic mass is 16.1. The van der Waals surface area contributed by atoms with E-state index in [2.05, 4.69) is 47.5 Å². The van der Waals surface area contributed by atoms with Gasteiger partial charge in [0.1, 0.15) is 0 Å². The topological polar surface area (TPSA) is 32.3 Å². The number of nitrogens with one attached hydrogen (secondary N) is 1. The van der Waals surface area contributed by atoms with E-state index in [1.54, 1.807) is 0 Å². The zero-order valence-corrected chi connectivity index (χ0v) is 14.4. The number of hydrogen-bond donors (Lipinski definition) is 1. The molecule has 1 unspecified atom stereocenters. The van der Waals surface area contributed by atoms with Gasteiger partial charge < -0.3 is 5.32 Å². The maximum atomic E-state index is 13.0. The number of carbonyl (C=O) groups is 1. The number of ketones is 1. The normalized spacial score (nSPS) is 35.0.